The zero-order valence-corrected chi connectivity index (χ0v) is 13.8. The number of hydrogen-bond acceptors (Lipinski definition) is 5. The number of nitro groups is 1. The highest BCUT2D eigenvalue weighted by atomic mass is 16.6. The lowest BCUT2D eigenvalue weighted by Crippen LogP contribution is -2.43. The first kappa shape index (κ1) is 17.1. The van der Waals surface area contributed by atoms with Crippen molar-refractivity contribution < 1.29 is 14.5 Å². The van der Waals surface area contributed by atoms with Gasteiger partial charge in [0.05, 0.1) is 11.3 Å². The van der Waals surface area contributed by atoms with Crippen molar-refractivity contribution in [2.24, 2.45) is 0 Å². The van der Waals surface area contributed by atoms with Crippen LogP contribution in [-0.2, 0) is 21.6 Å². The van der Waals surface area contributed by atoms with Crippen LogP contribution in [0.25, 0.3) is 0 Å². The number of nitro benzene ring substituents is 1. The molecule has 130 valence electrons. The van der Waals surface area contributed by atoms with Crippen LogP contribution in [0.5, 0.6) is 0 Å². The molecule has 0 spiro atoms. The monoisotopic (exact) mass is 340 g/mol. The highest BCUT2D eigenvalue weighted by molar-refractivity contribution is 5.74. The van der Waals surface area contributed by atoms with E-state index >= 15 is 0 Å². The molecule has 0 aliphatic carbocycles. The minimum Gasteiger partial charge on any atom is -0.454 e. The summed E-state index contributed by atoms with van der Waals surface area (Å²) < 4.78 is 5.90. The van der Waals surface area contributed by atoms with E-state index in [9.17, 15) is 14.9 Å². The van der Waals surface area contributed by atoms with Crippen molar-refractivity contribution in [3.05, 3.63) is 75.8 Å². The van der Waals surface area contributed by atoms with Gasteiger partial charge in [-0.25, -0.2) is 0 Å². The summed E-state index contributed by atoms with van der Waals surface area (Å²) in [6.45, 7) is 1.52. The molecule has 0 amide bonds. The number of nitrogens with one attached hydrogen (secondary N) is 1. The van der Waals surface area contributed by atoms with Gasteiger partial charge in [0.1, 0.15) is 5.60 Å². The molecule has 2 aromatic rings. The Balaban J connectivity index is 1.81. The Morgan fingerprint density at radius 1 is 1.08 bits per heavy atom. The molecule has 0 atom stereocenters. The molecule has 1 heterocycles. The van der Waals surface area contributed by atoms with Gasteiger partial charge in [0.2, 0.25) is 0 Å². The molecule has 6 heteroatoms. The second-order valence-electron chi connectivity index (χ2n) is 6.15. The number of nitrogens with zero attached hydrogens (tertiary/aromatic N) is 1. The molecule has 1 saturated heterocycles. The predicted octanol–water partition coefficient (Wildman–Crippen LogP) is 2.96. The van der Waals surface area contributed by atoms with E-state index in [1.54, 1.807) is 18.2 Å². The van der Waals surface area contributed by atoms with Crippen LogP contribution in [-0.4, -0.2) is 24.0 Å². The smallest absolute Gasteiger partial charge is 0.311 e. The van der Waals surface area contributed by atoms with Crippen LogP contribution in [0.4, 0.5) is 5.69 Å². The molecule has 3 rings (SSSR count). The van der Waals surface area contributed by atoms with Gasteiger partial charge in [-0.15, -0.1) is 0 Å². The van der Waals surface area contributed by atoms with Gasteiger partial charge < -0.3 is 10.1 Å². The van der Waals surface area contributed by atoms with Crippen molar-refractivity contribution in [1.29, 1.82) is 0 Å². The van der Waals surface area contributed by atoms with E-state index in [4.69, 9.17) is 4.74 Å². The van der Waals surface area contributed by atoms with E-state index in [0.29, 0.717) is 18.4 Å². The minimum atomic E-state index is -0.673. The predicted molar refractivity (Wildman–Crippen MR) is 93.1 cm³/mol. The van der Waals surface area contributed by atoms with Crippen LogP contribution in [0.2, 0.25) is 0 Å². The highest BCUT2D eigenvalue weighted by Crippen LogP contribution is 2.35. The van der Waals surface area contributed by atoms with Crippen LogP contribution in [0, 0.1) is 10.1 Å². The van der Waals surface area contributed by atoms with Crippen molar-refractivity contribution in [2.45, 2.75) is 24.9 Å². The number of benzene rings is 2. The third-order valence-electron chi connectivity index (χ3n) is 4.54. The summed E-state index contributed by atoms with van der Waals surface area (Å²) in [7, 11) is 0. The van der Waals surface area contributed by atoms with Gasteiger partial charge in [0, 0.05) is 24.5 Å². The third-order valence-corrected chi connectivity index (χ3v) is 4.54. The number of carbonyl (C=O) groups is 1. The number of ether oxygens (including phenoxy) is 1. The van der Waals surface area contributed by atoms with Gasteiger partial charge >= 0.3 is 5.97 Å². The van der Waals surface area contributed by atoms with Crippen molar-refractivity contribution in [1.82, 2.24) is 5.32 Å². The standard InChI is InChI=1S/C19H20N2O4/c22-18(14-15-6-4-5-9-17(15)21(23)24)25-19(10-12-20-13-11-19)16-7-2-1-3-8-16/h1-9,20H,10-14H2. The molecule has 25 heavy (non-hydrogen) atoms. The first-order valence-corrected chi connectivity index (χ1v) is 8.31. The molecule has 0 aromatic heterocycles. The van der Waals surface area contributed by atoms with Gasteiger partial charge in [-0.1, -0.05) is 48.5 Å². The molecule has 1 N–H and O–H groups in total. The molecule has 6 nitrogen and oxygen atoms in total. The number of rotatable bonds is 5. The van der Waals surface area contributed by atoms with Crippen LogP contribution in [0.1, 0.15) is 24.0 Å². The maximum Gasteiger partial charge on any atom is 0.311 e. The van der Waals surface area contributed by atoms with E-state index in [1.807, 2.05) is 30.3 Å². The Morgan fingerprint density at radius 3 is 2.40 bits per heavy atom. The molecule has 2 aromatic carbocycles. The quantitative estimate of drug-likeness (QED) is 0.514. The fourth-order valence-corrected chi connectivity index (χ4v) is 3.27. The summed E-state index contributed by atoms with van der Waals surface area (Å²) in [5.41, 5.74) is 0.605. The molecule has 0 radical (unpaired) electrons. The molecular weight excluding hydrogens is 320 g/mol. The maximum atomic E-state index is 12.6. The van der Waals surface area contributed by atoms with Crippen LogP contribution < -0.4 is 5.32 Å². The number of hydrogen-bond donors (Lipinski definition) is 1. The average molecular weight is 340 g/mol. The molecule has 1 aliphatic heterocycles. The van der Waals surface area contributed by atoms with E-state index in [0.717, 1.165) is 18.7 Å². The van der Waals surface area contributed by atoms with Gasteiger partial charge in [0.25, 0.3) is 5.69 Å². The van der Waals surface area contributed by atoms with Crippen LogP contribution in [0.15, 0.2) is 54.6 Å². The minimum absolute atomic E-state index is 0.0569. The topological polar surface area (TPSA) is 81.5 Å². The van der Waals surface area contributed by atoms with Crippen molar-refractivity contribution in [3.8, 4) is 0 Å². The zero-order chi connectivity index (χ0) is 17.7. The van der Waals surface area contributed by atoms with Crippen molar-refractivity contribution in [3.63, 3.8) is 0 Å². The van der Waals surface area contributed by atoms with Gasteiger partial charge in [0.15, 0.2) is 0 Å². The Labute approximate surface area is 146 Å². The van der Waals surface area contributed by atoms with Crippen molar-refractivity contribution >= 4 is 11.7 Å². The number of esters is 1. The molecular formula is C19H20N2O4. The second kappa shape index (κ2) is 7.44. The Hall–Kier alpha value is -2.73. The zero-order valence-electron chi connectivity index (χ0n) is 13.8. The fourth-order valence-electron chi connectivity index (χ4n) is 3.27. The maximum absolute atomic E-state index is 12.6. The first-order chi connectivity index (χ1) is 12.1. The highest BCUT2D eigenvalue weighted by Gasteiger charge is 2.38. The molecule has 1 fully saturated rings. The lowest BCUT2D eigenvalue weighted by molar-refractivity contribution is -0.385. The first-order valence-electron chi connectivity index (χ1n) is 8.31. The summed E-state index contributed by atoms with van der Waals surface area (Å²) in [5.74, 6) is -0.444. The van der Waals surface area contributed by atoms with E-state index < -0.39 is 16.5 Å². The molecule has 1 aliphatic rings. The normalized spacial score (nSPS) is 16.2. The summed E-state index contributed by atoms with van der Waals surface area (Å²) in [4.78, 5) is 23.2. The molecule has 0 saturated carbocycles. The summed E-state index contributed by atoms with van der Waals surface area (Å²) in [6, 6.07) is 16.0. The van der Waals surface area contributed by atoms with Gasteiger partial charge in [-0.05, 0) is 18.7 Å². The summed E-state index contributed by atoms with van der Waals surface area (Å²) in [5, 5.41) is 14.4. The van der Waals surface area contributed by atoms with E-state index in [1.165, 1.54) is 6.07 Å². The fraction of sp³-hybridized carbons (Fsp3) is 0.316. The molecule has 0 bridgehead atoms. The van der Waals surface area contributed by atoms with E-state index in [2.05, 4.69) is 5.32 Å². The van der Waals surface area contributed by atoms with Gasteiger partial charge in [-0.2, -0.15) is 0 Å². The lowest BCUT2D eigenvalue weighted by atomic mass is 9.84. The van der Waals surface area contributed by atoms with Crippen LogP contribution in [0.3, 0.4) is 0 Å². The van der Waals surface area contributed by atoms with Crippen LogP contribution >= 0.6 is 0 Å². The van der Waals surface area contributed by atoms with Gasteiger partial charge in [-0.3, -0.25) is 14.9 Å². The lowest BCUT2D eigenvalue weighted by Gasteiger charge is -2.37. The second-order valence-corrected chi connectivity index (χ2v) is 6.15. The molecule has 0 unspecified atom stereocenters. The largest absolute Gasteiger partial charge is 0.454 e. The average Bonchev–Trinajstić information content (AvgIpc) is 2.63. The summed E-state index contributed by atoms with van der Waals surface area (Å²) >= 11 is 0. The Bertz CT molecular complexity index is 755. The van der Waals surface area contributed by atoms with E-state index in [-0.39, 0.29) is 12.1 Å². The summed E-state index contributed by atoms with van der Waals surface area (Å²) in [6.07, 6.45) is 1.25. The number of piperidine rings is 1. The Kier molecular flexibility index (Phi) is 5.09. The number of para-hydroxylation sites is 1. The van der Waals surface area contributed by atoms with Crippen molar-refractivity contribution in [2.75, 3.05) is 13.1 Å². The SMILES string of the molecule is O=C(Cc1ccccc1[N+](=O)[O-])OC1(c2ccccc2)CCNCC1. The number of carbonyl (C=O) groups excluding carboxylic acids is 1. The Morgan fingerprint density at radius 2 is 1.72 bits per heavy atom. The third kappa shape index (κ3) is 3.85.